The molecule has 124 valence electrons. The van der Waals surface area contributed by atoms with Gasteiger partial charge in [-0.05, 0) is 39.5 Å². The van der Waals surface area contributed by atoms with Crippen LogP contribution in [0, 0.1) is 0 Å². The highest BCUT2D eigenvalue weighted by Gasteiger charge is 2.19. The van der Waals surface area contributed by atoms with Crippen molar-refractivity contribution in [2.45, 2.75) is 39.8 Å². The summed E-state index contributed by atoms with van der Waals surface area (Å²) in [4.78, 5) is 16.5. The number of amides is 1. The van der Waals surface area contributed by atoms with Crippen LogP contribution in [0.2, 0.25) is 0 Å². The molecule has 0 fully saturated rings. The Labute approximate surface area is 135 Å². The van der Waals surface area contributed by atoms with Crippen molar-refractivity contribution in [3.63, 3.8) is 0 Å². The molecule has 1 rings (SSSR count). The zero-order valence-electron chi connectivity index (χ0n) is 14.7. The van der Waals surface area contributed by atoms with E-state index in [-0.39, 0.29) is 11.9 Å². The van der Waals surface area contributed by atoms with Crippen molar-refractivity contribution in [1.82, 2.24) is 15.1 Å². The van der Waals surface area contributed by atoms with Crippen molar-refractivity contribution in [3.05, 3.63) is 35.9 Å². The summed E-state index contributed by atoms with van der Waals surface area (Å²) in [5.41, 5.74) is 1.25. The summed E-state index contributed by atoms with van der Waals surface area (Å²) in [5, 5.41) is 3.09. The summed E-state index contributed by atoms with van der Waals surface area (Å²) >= 11 is 0. The van der Waals surface area contributed by atoms with Gasteiger partial charge in [0.15, 0.2) is 0 Å². The predicted molar refractivity (Wildman–Crippen MR) is 92.9 cm³/mol. The average molecular weight is 305 g/mol. The predicted octanol–water partition coefficient (Wildman–Crippen LogP) is 2.53. The van der Waals surface area contributed by atoms with E-state index in [0.717, 1.165) is 13.1 Å². The Morgan fingerprint density at radius 2 is 1.73 bits per heavy atom. The number of nitrogens with zero attached hydrogens (tertiary/aromatic N) is 2. The summed E-state index contributed by atoms with van der Waals surface area (Å²) in [7, 11) is 1.98. The SMILES string of the molecule is CCN(CC)[C@H](CNC(=O)CN(C)C(C)C)c1ccccc1. The zero-order valence-corrected chi connectivity index (χ0v) is 14.7. The molecule has 1 aromatic carbocycles. The minimum Gasteiger partial charge on any atom is -0.353 e. The van der Waals surface area contributed by atoms with E-state index in [9.17, 15) is 4.79 Å². The van der Waals surface area contributed by atoms with Gasteiger partial charge in [-0.25, -0.2) is 0 Å². The van der Waals surface area contributed by atoms with Gasteiger partial charge in [0, 0.05) is 12.6 Å². The van der Waals surface area contributed by atoms with E-state index in [1.165, 1.54) is 5.56 Å². The molecule has 0 saturated carbocycles. The van der Waals surface area contributed by atoms with Crippen LogP contribution in [0.3, 0.4) is 0 Å². The third-order valence-corrected chi connectivity index (χ3v) is 4.20. The van der Waals surface area contributed by atoms with Crippen LogP contribution in [0.5, 0.6) is 0 Å². The van der Waals surface area contributed by atoms with Crippen LogP contribution >= 0.6 is 0 Å². The van der Waals surface area contributed by atoms with Gasteiger partial charge >= 0.3 is 0 Å². The largest absolute Gasteiger partial charge is 0.353 e. The van der Waals surface area contributed by atoms with E-state index in [1.54, 1.807) is 0 Å². The van der Waals surface area contributed by atoms with Crippen LogP contribution in [-0.2, 0) is 4.79 Å². The molecule has 0 bridgehead atoms. The smallest absolute Gasteiger partial charge is 0.234 e. The molecule has 1 N–H and O–H groups in total. The van der Waals surface area contributed by atoms with Gasteiger partial charge in [-0.15, -0.1) is 0 Å². The molecule has 22 heavy (non-hydrogen) atoms. The zero-order chi connectivity index (χ0) is 16.5. The number of carbonyl (C=O) groups is 1. The molecular weight excluding hydrogens is 274 g/mol. The molecule has 0 aliphatic rings. The normalized spacial score (nSPS) is 12.9. The molecule has 0 aliphatic carbocycles. The second kappa shape index (κ2) is 9.59. The third kappa shape index (κ3) is 5.78. The van der Waals surface area contributed by atoms with E-state index < -0.39 is 0 Å². The maximum Gasteiger partial charge on any atom is 0.234 e. The first-order chi connectivity index (χ1) is 10.5. The molecule has 1 atom stereocenters. The van der Waals surface area contributed by atoms with Crippen molar-refractivity contribution in [3.8, 4) is 0 Å². The Balaban J connectivity index is 2.68. The second-order valence-corrected chi connectivity index (χ2v) is 5.96. The minimum atomic E-state index is 0.0873. The molecular formula is C18H31N3O. The molecule has 0 heterocycles. The van der Waals surface area contributed by atoms with Gasteiger partial charge in [0.1, 0.15) is 0 Å². The fourth-order valence-corrected chi connectivity index (χ4v) is 2.47. The number of hydrogen-bond donors (Lipinski definition) is 1. The summed E-state index contributed by atoms with van der Waals surface area (Å²) in [6.45, 7) is 11.5. The van der Waals surface area contributed by atoms with E-state index >= 15 is 0 Å². The van der Waals surface area contributed by atoms with Crippen LogP contribution in [0.15, 0.2) is 30.3 Å². The van der Waals surface area contributed by atoms with Crippen molar-refractivity contribution >= 4 is 5.91 Å². The van der Waals surface area contributed by atoms with E-state index in [0.29, 0.717) is 19.1 Å². The Morgan fingerprint density at radius 3 is 2.23 bits per heavy atom. The van der Waals surface area contributed by atoms with Gasteiger partial charge in [-0.2, -0.15) is 0 Å². The number of hydrogen-bond acceptors (Lipinski definition) is 3. The highest BCUT2D eigenvalue weighted by Crippen LogP contribution is 2.19. The fourth-order valence-electron chi connectivity index (χ4n) is 2.47. The molecule has 0 aromatic heterocycles. The fraction of sp³-hybridized carbons (Fsp3) is 0.611. The number of carbonyl (C=O) groups excluding carboxylic acids is 1. The van der Waals surface area contributed by atoms with E-state index in [4.69, 9.17) is 0 Å². The van der Waals surface area contributed by atoms with Crippen LogP contribution in [0.25, 0.3) is 0 Å². The van der Waals surface area contributed by atoms with Crippen molar-refractivity contribution in [1.29, 1.82) is 0 Å². The average Bonchev–Trinajstić information content (AvgIpc) is 2.52. The monoisotopic (exact) mass is 305 g/mol. The van der Waals surface area contributed by atoms with Crippen molar-refractivity contribution in [2.75, 3.05) is 33.2 Å². The molecule has 1 amide bonds. The quantitative estimate of drug-likeness (QED) is 0.761. The van der Waals surface area contributed by atoms with Crippen LogP contribution in [-0.4, -0.2) is 55.0 Å². The van der Waals surface area contributed by atoms with Gasteiger partial charge in [0.2, 0.25) is 5.91 Å². The summed E-state index contributed by atoms with van der Waals surface area (Å²) in [5.74, 6) is 0.0873. The molecule has 0 spiro atoms. The minimum absolute atomic E-state index is 0.0873. The van der Waals surface area contributed by atoms with Crippen molar-refractivity contribution < 1.29 is 4.79 Å². The van der Waals surface area contributed by atoms with Gasteiger partial charge in [0.05, 0.1) is 12.6 Å². The third-order valence-electron chi connectivity index (χ3n) is 4.20. The first-order valence-corrected chi connectivity index (χ1v) is 8.25. The molecule has 0 radical (unpaired) electrons. The standard InChI is InChI=1S/C18H31N3O/c1-6-21(7-2)17(16-11-9-8-10-12-16)13-19-18(22)14-20(5)15(3)4/h8-12,15,17H,6-7,13-14H2,1-5H3,(H,19,22)/t17-/m1/s1. The first-order valence-electron chi connectivity index (χ1n) is 8.25. The molecule has 0 aliphatic heterocycles. The highest BCUT2D eigenvalue weighted by atomic mass is 16.2. The number of benzene rings is 1. The maximum atomic E-state index is 12.1. The van der Waals surface area contributed by atoms with Gasteiger partial charge in [-0.1, -0.05) is 44.2 Å². The Morgan fingerprint density at radius 1 is 1.14 bits per heavy atom. The van der Waals surface area contributed by atoms with Gasteiger partial charge < -0.3 is 5.32 Å². The lowest BCUT2D eigenvalue weighted by Crippen LogP contribution is -2.42. The number of nitrogens with one attached hydrogen (secondary N) is 1. The Kier molecular flexibility index (Phi) is 8.13. The van der Waals surface area contributed by atoms with Gasteiger partial charge in [0.25, 0.3) is 0 Å². The molecule has 0 saturated heterocycles. The number of likely N-dealkylation sites (N-methyl/N-ethyl adjacent to an activating group) is 2. The van der Waals surface area contributed by atoms with Crippen molar-refractivity contribution in [2.24, 2.45) is 0 Å². The van der Waals surface area contributed by atoms with Crippen LogP contribution in [0.4, 0.5) is 0 Å². The Bertz CT molecular complexity index is 429. The molecule has 4 heteroatoms. The summed E-state index contributed by atoms with van der Waals surface area (Å²) in [6.07, 6.45) is 0. The van der Waals surface area contributed by atoms with E-state index in [2.05, 4.69) is 62.2 Å². The van der Waals surface area contributed by atoms with E-state index in [1.807, 2.05) is 18.0 Å². The lowest BCUT2D eigenvalue weighted by atomic mass is 10.1. The summed E-state index contributed by atoms with van der Waals surface area (Å²) < 4.78 is 0. The lowest BCUT2D eigenvalue weighted by Gasteiger charge is -2.30. The maximum absolute atomic E-state index is 12.1. The molecule has 0 unspecified atom stereocenters. The second-order valence-electron chi connectivity index (χ2n) is 5.96. The highest BCUT2D eigenvalue weighted by molar-refractivity contribution is 5.78. The summed E-state index contributed by atoms with van der Waals surface area (Å²) in [6, 6.07) is 11.0. The van der Waals surface area contributed by atoms with Gasteiger partial charge in [-0.3, -0.25) is 14.6 Å². The lowest BCUT2D eigenvalue weighted by molar-refractivity contribution is -0.122. The first kappa shape index (κ1) is 18.7. The molecule has 1 aromatic rings. The van der Waals surface area contributed by atoms with Crippen LogP contribution < -0.4 is 5.32 Å². The van der Waals surface area contributed by atoms with Crippen LogP contribution in [0.1, 0.15) is 39.3 Å². The topological polar surface area (TPSA) is 35.6 Å². The molecule has 4 nitrogen and oxygen atoms in total. The number of rotatable bonds is 9. The Hall–Kier alpha value is -1.39.